The van der Waals surface area contributed by atoms with Crippen molar-refractivity contribution in [1.29, 1.82) is 0 Å². The number of ether oxygens (including phenoxy) is 5. The van der Waals surface area contributed by atoms with Crippen LogP contribution in [-0.4, -0.2) is 59.5 Å². The van der Waals surface area contributed by atoms with Crippen molar-refractivity contribution < 1.29 is 23.7 Å². The van der Waals surface area contributed by atoms with Crippen molar-refractivity contribution in [3.8, 4) is 5.75 Å². The molecule has 0 amide bonds. The minimum absolute atomic E-state index is 0.548. The van der Waals surface area contributed by atoms with Crippen molar-refractivity contribution in [3.63, 3.8) is 0 Å². The molecule has 0 atom stereocenters. The summed E-state index contributed by atoms with van der Waals surface area (Å²) in [6.45, 7) is 7.84. The Morgan fingerprint density at radius 3 is 1.48 bits per heavy atom. The average Bonchev–Trinajstić information content (AvgIpc) is 2.75. The smallest absolute Gasteiger partial charge is 0.119 e. The van der Waals surface area contributed by atoms with E-state index in [0.29, 0.717) is 52.9 Å². The van der Waals surface area contributed by atoms with Crippen LogP contribution in [0.1, 0.15) is 58.3 Å². The van der Waals surface area contributed by atoms with Gasteiger partial charge >= 0.3 is 0 Å². The van der Waals surface area contributed by atoms with Gasteiger partial charge in [-0.2, -0.15) is 0 Å². The van der Waals surface area contributed by atoms with E-state index in [1.165, 1.54) is 44.9 Å². The summed E-state index contributed by atoms with van der Waals surface area (Å²) in [6.07, 6.45) is 10.6. The van der Waals surface area contributed by atoms with Crippen LogP contribution in [0.3, 0.4) is 0 Å². The second-order valence-corrected chi connectivity index (χ2v) is 7.09. The maximum absolute atomic E-state index is 5.60. The molecule has 5 nitrogen and oxygen atoms in total. The minimum atomic E-state index is 0.548. The second-order valence-electron chi connectivity index (χ2n) is 7.09. The van der Waals surface area contributed by atoms with E-state index in [1.807, 2.05) is 30.3 Å². The molecule has 0 heterocycles. The average molecular weight is 411 g/mol. The summed E-state index contributed by atoms with van der Waals surface area (Å²) in [5.41, 5.74) is 0. The fourth-order valence-electron chi connectivity index (χ4n) is 2.83. The molecule has 0 saturated carbocycles. The van der Waals surface area contributed by atoms with E-state index in [-0.39, 0.29) is 0 Å². The molecule has 0 N–H and O–H groups in total. The Morgan fingerprint density at radius 2 is 0.931 bits per heavy atom. The van der Waals surface area contributed by atoms with Crippen LogP contribution in [-0.2, 0) is 18.9 Å². The van der Waals surface area contributed by atoms with Gasteiger partial charge in [0, 0.05) is 6.61 Å². The molecule has 0 fully saturated rings. The lowest BCUT2D eigenvalue weighted by Gasteiger charge is -2.08. The fourth-order valence-corrected chi connectivity index (χ4v) is 2.83. The van der Waals surface area contributed by atoms with Crippen LogP contribution in [0, 0.1) is 0 Å². The van der Waals surface area contributed by atoms with E-state index >= 15 is 0 Å². The summed E-state index contributed by atoms with van der Waals surface area (Å²) in [6, 6.07) is 9.75. The first-order valence-corrected chi connectivity index (χ1v) is 11.4. The molecule has 1 aromatic rings. The normalized spacial score (nSPS) is 11.1. The van der Waals surface area contributed by atoms with Gasteiger partial charge in [-0.05, 0) is 18.6 Å². The quantitative estimate of drug-likeness (QED) is 0.244. The predicted molar refractivity (Wildman–Crippen MR) is 118 cm³/mol. The molecule has 1 rings (SSSR count). The molecule has 0 aliphatic heterocycles. The van der Waals surface area contributed by atoms with Crippen LogP contribution in [0.2, 0.25) is 0 Å². The van der Waals surface area contributed by atoms with Gasteiger partial charge in [-0.1, -0.05) is 70.1 Å². The number of para-hydroxylation sites is 1. The first-order valence-electron chi connectivity index (χ1n) is 11.4. The van der Waals surface area contributed by atoms with Gasteiger partial charge in [0.25, 0.3) is 0 Å². The highest BCUT2D eigenvalue weighted by Crippen LogP contribution is 2.08. The van der Waals surface area contributed by atoms with Gasteiger partial charge in [0.15, 0.2) is 0 Å². The number of rotatable bonds is 22. The number of hydrogen-bond acceptors (Lipinski definition) is 5. The first kappa shape index (κ1) is 25.9. The Kier molecular flexibility index (Phi) is 19.3. The first-order chi connectivity index (χ1) is 14.4. The molecule has 0 aromatic heterocycles. The van der Waals surface area contributed by atoms with Crippen LogP contribution in [0.15, 0.2) is 30.3 Å². The molecule has 0 radical (unpaired) electrons. The molecular weight excluding hydrogens is 368 g/mol. The zero-order chi connectivity index (χ0) is 20.7. The monoisotopic (exact) mass is 410 g/mol. The predicted octanol–water partition coefficient (Wildman–Crippen LogP) is 5.27. The van der Waals surface area contributed by atoms with E-state index in [4.69, 9.17) is 23.7 Å². The molecular formula is C24H42O5. The van der Waals surface area contributed by atoms with E-state index in [9.17, 15) is 0 Å². The van der Waals surface area contributed by atoms with Gasteiger partial charge in [-0.3, -0.25) is 0 Å². The highest BCUT2D eigenvalue weighted by molar-refractivity contribution is 5.20. The van der Waals surface area contributed by atoms with Crippen molar-refractivity contribution in [2.45, 2.75) is 58.3 Å². The molecule has 1 aromatic carbocycles. The fraction of sp³-hybridized carbons (Fsp3) is 0.750. The second kappa shape index (κ2) is 21.6. The summed E-state index contributed by atoms with van der Waals surface area (Å²) in [5, 5.41) is 0. The maximum atomic E-state index is 5.60. The Morgan fingerprint density at radius 1 is 0.483 bits per heavy atom. The molecule has 0 aliphatic rings. The van der Waals surface area contributed by atoms with E-state index in [1.54, 1.807) is 0 Å². The van der Waals surface area contributed by atoms with Crippen molar-refractivity contribution in [3.05, 3.63) is 30.3 Å². The zero-order valence-corrected chi connectivity index (χ0v) is 18.4. The summed E-state index contributed by atoms with van der Waals surface area (Å²) < 4.78 is 27.6. The number of hydrogen-bond donors (Lipinski definition) is 0. The largest absolute Gasteiger partial charge is 0.491 e. The summed E-state index contributed by atoms with van der Waals surface area (Å²) >= 11 is 0. The van der Waals surface area contributed by atoms with Crippen molar-refractivity contribution in [2.75, 3.05) is 59.5 Å². The molecule has 0 bridgehead atoms. The minimum Gasteiger partial charge on any atom is -0.491 e. The Labute approximate surface area is 178 Å². The lowest BCUT2D eigenvalue weighted by atomic mass is 10.1. The van der Waals surface area contributed by atoms with Crippen molar-refractivity contribution in [2.24, 2.45) is 0 Å². The van der Waals surface area contributed by atoms with E-state index in [2.05, 4.69) is 6.92 Å². The van der Waals surface area contributed by atoms with E-state index in [0.717, 1.165) is 18.8 Å². The summed E-state index contributed by atoms with van der Waals surface area (Å²) in [5.74, 6) is 0.867. The molecule has 0 unspecified atom stereocenters. The van der Waals surface area contributed by atoms with Gasteiger partial charge in [-0.25, -0.2) is 0 Å². The molecule has 168 valence electrons. The van der Waals surface area contributed by atoms with Gasteiger partial charge in [0.05, 0.1) is 46.2 Å². The van der Waals surface area contributed by atoms with Crippen LogP contribution in [0.5, 0.6) is 5.75 Å². The third-order valence-electron chi connectivity index (χ3n) is 4.50. The lowest BCUT2D eigenvalue weighted by molar-refractivity contribution is -0.00487. The van der Waals surface area contributed by atoms with Crippen LogP contribution >= 0.6 is 0 Å². The molecule has 29 heavy (non-hydrogen) atoms. The van der Waals surface area contributed by atoms with Crippen LogP contribution in [0.4, 0.5) is 0 Å². The molecule has 0 spiro atoms. The van der Waals surface area contributed by atoms with Gasteiger partial charge < -0.3 is 23.7 Å². The maximum Gasteiger partial charge on any atom is 0.119 e. The summed E-state index contributed by atoms with van der Waals surface area (Å²) in [7, 11) is 0. The Bertz CT molecular complexity index is 427. The number of unbranched alkanes of at least 4 members (excludes halogenated alkanes) is 7. The standard InChI is InChI=1S/C24H42O5/c1-2-3-4-5-6-7-8-12-15-25-16-17-26-18-19-27-20-21-28-22-23-29-24-13-10-9-11-14-24/h9-11,13-14H,2-8,12,15-23H2,1H3. The van der Waals surface area contributed by atoms with Gasteiger partial charge in [-0.15, -0.1) is 0 Å². The third-order valence-corrected chi connectivity index (χ3v) is 4.50. The number of benzene rings is 1. The van der Waals surface area contributed by atoms with Crippen molar-refractivity contribution in [1.82, 2.24) is 0 Å². The van der Waals surface area contributed by atoms with Crippen LogP contribution in [0.25, 0.3) is 0 Å². The lowest BCUT2D eigenvalue weighted by Crippen LogP contribution is -2.13. The third kappa shape index (κ3) is 18.6. The van der Waals surface area contributed by atoms with Gasteiger partial charge in [0.1, 0.15) is 12.4 Å². The Balaban J connectivity index is 1.66. The SMILES string of the molecule is CCCCCCCCCCOCCOCCOCCOCCOc1ccccc1. The highest BCUT2D eigenvalue weighted by atomic mass is 16.6. The molecule has 0 saturated heterocycles. The summed E-state index contributed by atoms with van der Waals surface area (Å²) in [4.78, 5) is 0. The zero-order valence-electron chi connectivity index (χ0n) is 18.4. The topological polar surface area (TPSA) is 46.2 Å². The Hall–Kier alpha value is -1.14. The van der Waals surface area contributed by atoms with Gasteiger partial charge in [0.2, 0.25) is 0 Å². The van der Waals surface area contributed by atoms with Crippen LogP contribution < -0.4 is 4.74 Å². The van der Waals surface area contributed by atoms with E-state index < -0.39 is 0 Å². The molecule has 0 aliphatic carbocycles. The molecule has 5 heteroatoms. The van der Waals surface area contributed by atoms with Crippen molar-refractivity contribution >= 4 is 0 Å². The highest BCUT2D eigenvalue weighted by Gasteiger charge is 1.95.